The molecule has 2 heterocycles. The molecule has 0 saturated heterocycles. The van der Waals surface area contributed by atoms with Gasteiger partial charge in [-0.3, -0.25) is 0 Å². The van der Waals surface area contributed by atoms with Gasteiger partial charge in [-0.2, -0.15) is 0 Å². The standard InChI is InChI=1S/C16H13NO3S/c1-9-6-11(18)7-10(2)12(9)8-13-15(17-20-16(13)19)14-4-3-5-21-14/h3-8,18H,1-2H3/b13-8-. The average Bonchev–Trinajstić information content (AvgIpc) is 3.03. The lowest BCUT2D eigenvalue weighted by Crippen LogP contribution is -2.06. The van der Waals surface area contributed by atoms with Crippen molar-refractivity contribution in [3.8, 4) is 5.75 Å². The van der Waals surface area contributed by atoms with E-state index in [1.165, 1.54) is 11.3 Å². The van der Waals surface area contributed by atoms with Crippen LogP contribution >= 0.6 is 11.3 Å². The number of aryl methyl sites for hydroxylation is 2. The molecule has 0 fully saturated rings. The number of hydrogen-bond donors (Lipinski definition) is 1. The van der Waals surface area contributed by atoms with Crippen molar-refractivity contribution in [1.29, 1.82) is 0 Å². The molecule has 4 nitrogen and oxygen atoms in total. The number of nitrogens with zero attached hydrogens (tertiary/aromatic N) is 1. The maximum absolute atomic E-state index is 11.9. The van der Waals surface area contributed by atoms with Gasteiger partial charge in [0.2, 0.25) is 0 Å². The second kappa shape index (κ2) is 5.18. The van der Waals surface area contributed by atoms with Gasteiger partial charge in [-0.05, 0) is 60.2 Å². The van der Waals surface area contributed by atoms with E-state index in [9.17, 15) is 9.90 Å². The smallest absolute Gasteiger partial charge is 0.368 e. The number of oxime groups is 1. The van der Waals surface area contributed by atoms with Crippen molar-refractivity contribution in [3.63, 3.8) is 0 Å². The zero-order valence-electron chi connectivity index (χ0n) is 11.6. The van der Waals surface area contributed by atoms with Crippen molar-refractivity contribution in [1.82, 2.24) is 0 Å². The van der Waals surface area contributed by atoms with Crippen molar-refractivity contribution in [3.05, 3.63) is 56.8 Å². The van der Waals surface area contributed by atoms with E-state index in [-0.39, 0.29) is 5.75 Å². The van der Waals surface area contributed by atoms with Gasteiger partial charge in [0, 0.05) is 0 Å². The van der Waals surface area contributed by atoms with E-state index in [0.29, 0.717) is 11.3 Å². The Morgan fingerprint density at radius 2 is 2.00 bits per heavy atom. The number of phenolic OH excluding ortho intramolecular Hbond substituents is 1. The number of benzene rings is 1. The van der Waals surface area contributed by atoms with Gasteiger partial charge in [-0.25, -0.2) is 4.79 Å². The Labute approximate surface area is 126 Å². The molecule has 2 aromatic rings. The molecule has 1 N–H and O–H groups in total. The first kappa shape index (κ1) is 13.6. The summed E-state index contributed by atoms with van der Waals surface area (Å²) in [7, 11) is 0. The number of aromatic hydroxyl groups is 1. The van der Waals surface area contributed by atoms with Crippen LogP contribution in [0.25, 0.3) is 6.08 Å². The molecule has 0 unspecified atom stereocenters. The molecule has 0 amide bonds. The lowest BCUT2D eigenvalue weighted by atomic mass is 9.98. The highest BCUT2D eigenvalue weighted by Crippen LogP contribution is 2.27. The number of thiophene rings is 1. The summed E-state index contributed by atoms with van der Waals surface area (Å²) < 4.78 is 0. The summed E-state index contributed by atoms with van der Waals surface area (Å²) in [6.07, 6.45) is 1.78. The third-order valence-electron chi connectivity index (χ3n) is 3.32. The molecule has 1 aliphatic rings. The predicted octanol–water partition coefficient (Wildman–Crippen LogP) is 3.42. The quantitative estimate of drug-likeness (QED) is 0.683. The number of phenols is 1. The topological polar surface area (TPSA) is 58.9 Å². The van der Waals surface area contributed by atoms with Crippen LogP contribution in [0.1, 0.15) is 21.6 Å². The first-order chi connectivity index (χ1) is 10.1. The highest BCUT2D eigenvalue weighted by atomic mass is 32.1. The molecular formula is C16H13NO3S. The van der Waals surface area contributed by atoms with Crippen molar-refractivity contribution >= 4 is 29.1 Å². The van der Waals surface area contributed by atoms with Gasteiger partial charge >= 0.3 is 5.97 Å². The molecule has 0 atom stereocenters. The monoisotopic (exact) mass is 299 g/mol. The van der Waals surface area contributed by atoms with Gasteiger partial charge in [0.25, 0.3) is 0 Å². The third-order valence-corrected chi connectivity index (χ3v) is 4.19. The lowest BCUT2D eigenvalue weighted by molar-refractivity contribution is -0.136. The summed E-state index contributed by atoms with van der Waals surface area (Å²) >= 11 is 1.50. The molecule has 0 spiro atoms. The van der Waals surface area contributed by atoms with Crippen molar-refractivity contribution in [2.45, 2.75) is 13.8 Å². The Morgan fingerprint density at radius 3 is 2.62 bits per heavy atom. The second-order valence-electron chi connectivity index (χ2n) is 4.85. The second-order valence-corrected chi connectivity index (χ2v) is 5.79. The zero-order chi connectivity index (χ0) is 15.0. The van der Waals surface area contributed by atoms with Gasteiger partial charge in [0.15, 0.2) is 0 Å². The van der Waals surface area contributed by atoms with Crippen molar-refractivity contribution in [2.24, 2.45) is 5.16 Å². The van der Waals surface area contributed by atoms with Crippen LogP contribution in [-0.4, -0.2) is 16.8 Å². The SMILES string of the molecule is Cc1cc(O)cc(C)c1/C=C1\C(=O)ON=C1c1cccs1. The zero-order valence-corrected chi connectivity index (χ0v) is 12.4. The minimum absolute atomic E-state index is 0.216. The number of carbonyl (C=O) groups excluding carboxylic acids is 1. The van der Waals surface area contributed by atoms with E-state index in [0.717, 1.165) is 21.6 Å². The summed E-state index contributed by atoms with van der Waals surface area (Å²) in [5.74, 6) is -0.237. The van der Waals surface area contributed by atoms with E-state index in [4.69, 9.17) is 4.84 Å². The fraction of sp³-hybridized carbons (Fsp3) is 0.125. The molecule has 0 aliphatic carbocycles. The van der Waals surface area contributed by atoms with Gasteiger partial charge in [-0.15, -0.1) is 11.3 Å². The average molecular weight is 299 g/mol. The van der Waals surface area contributed by atoms with E-state index >= 15 is 0 Å². The number of rotatable bonds is 2. The highest BCUT2D eigenvalue weighted by Gasteiger charge is 2.27. The van der Waals surface area contributed by atoms with Crippen LogP contribution in [0.5, 0.6) is 5.75 Å². The minimum Gasteiger partial charge on any atom is -0.508 e. The van der Waals surface area contributed by atoms with Gasteiger partial charge in [-0.1, -0.05) is 11.2 Å². The van der Waals surface area contributed by atoms with Gasteiger partial charge in [0.1, 0.15) is 11.5 Å². The molecule has 0 saturated carbocycles. The van der Waals surface area contributed by atoms with Crippen LogP contribution in [-0.2, 0) is 9.63 Å². The van der Waals surface area contributed by atoms with E-state index in [1.807, 2.05) is 31.4 Å². The Kier molecular flexibility index (Phi) is 3.35. The number of carbonyl (C=O) groups is 1. The Morgan fingerprint density at radius 1 is 1.29 bits per heavy atom. The third kappa shape index (κ3) is 2.48. The Bertz CT molecular complexity index is 750. The van der Waals surface area contributed by atoms with E-state index in [1.54, 1.807) is 18.2 Å². The summed E-state index contributed by atoms with van der Waals surface area (Å²) in [6, 6.07) is 7.14. The first-order valence-corrected chi connectivity index (χ1v) is 7.29. The maximum atomic E-state index is 11.9. The minimum atomic E-state index is -0.453. The lowest BCUT2D eigenvalue weighted by Gasteiger charge is -2.07. The van der Waals surface area contributed by atoms with Crippen LogP contribution in [0.15, 0.2) is 40.4 Å². The molecule has 1 aromatic heterocycles. The Balaban J connectivity index is 2.10. The van der Waals surface area contributed by atoms with Crippen LogP contribution in [0, 0.1) is 13.8 Å². The van der Waals surface area contributed by atoms with Crippen molar-refractivity contribution in [2.75, 3.05) is 0 Å². The van der Waals surface area contributed by atoms with Crippen LogP contribution in [0.2, 0.25) is 0 Å². The molecule has 1 aromatic carbocycles. The van der Waals surface area contributed by atoms with Gasteiger partial charge < -0.3 is 9.94 Å². The predicted molar refractivity (Wildman–Crippen MR) is 82.5 cm³/mol. The normalized spacial score (nSPS) is 16.2. The summed E-state index contributed by atoms with van der Waals surface area (Å²) in [5.41, 5.74) is 3.68. The molecule has 106 valence electrons. The van der Waals surface area contributed by atoms with Gasteiger partial charge in [0.05, 0.1) is 10.5 Å². The largest absolute Gasteiger partial charge is 0.508 e. The Hall–Kier alpha value is -2.40. The fourth-order valence-electron chi connectivity index (χ4n) is 2.32. The molecule has 3 rings (SSSR count). The highest BCUT2D eigenvalue weighted by molar-refractivity contribution is 7.12. The molecular weight excluding hydrogens is 286 g/mol. The fourth-order valence-corrected chi connectivity index (χ4v) is 3.04. The van der Waals surface area contributed by atoms with Crippen LogP contribution in [0.4, 0.5) is 0 Å². The molecule has 0 radical (unpaired) electrons. The summed E-state index contributed by atoms with van der Waals surface area (Å²) in [5, 5.41) is 15.4. The van der Waals surface area contributed by atoms with E-state index < -0.39 is 5.97 Å². The molecule has 21 heavy (non-hydrogen) atoms. The van der Waals surface area contributed by atoms with Crippen LogP contribution < -0.4 is 0 Å². The summed E-state index contributed by atoms with van der Waals surface area (Å²) in [6.45, 7) is 3.78. The molecule has 5 heteroatoms. The van der Waals surface area contributed by atoms with Crippen LogP contribution in [0.3, 0.4) is 0 Å². The number of hydrogen-bond acceptors (Lipinski definition) is 5. The first-order valence-electron chi connectivity index (χ1n) is 6.42. The molecule has 1 aliphatic heterocycles. The maximum Gasteiger partial charge on any atom is 0.368 e. The van der Waals surface area contributed by atoms with Crippen molar-refractivity contribution < 1.29 is 14.7 Å². The summed E-state index contributed by atoms with van der Waals surface area (Å²) in [4.78, 5) is 17.6. The van der Waals surface area contributed by atoms with E-state index in [2.05, 4.69) is 5.16 Å². The molecule has 0 bridgehead atoms.